The van der Waals surface area contributed by atoms with Gasteiger partial charge in [-0.3, -0.25) is 0 Å². The van der Waals surface area contributed by atoms with Gasteiger partial charge in [0.2, 0.25) is 0 Å². The molecule has 0 aromatic carbocycles. The lowest BCUT2D eigenvalue weighted by Gasteiger charge is -2.36. The summed E-state index contributed by atoms with van der Waals surface area (Å²) in [5, 5.41) is 0.900. The highest BCUT2D eigenvalue weighted by Gasteiger charge is 2.38. The molecule has 0 aliphatic carbocycles. The highest BCUT2D eigenvalue weighted by atomic mass is 28.4. The first kappa shape index (κ1) is 37.6. The molecule has 0 radical (unpaired) electrons. The van der Waals surface area contributed by atoms with E-state index in [1.807, 2.05) is 0 Å². The van der Waals surface area contributed by atoms with Crippen LogP contribution < -0.4 is 0 Å². The second-order valence-corrected chi connectivity index (χ2v) is 30.6. The van der Waals surface area contributed by atoms with Crippen molar-refractivity contribution in [1.82, 2.24) is 0 Å². The lowest BCUT2D eigenvalue weighted by molar-refractivity contribution is 0.279. The maximum Gasteiger partial charge on any atom is 0.191 e. The molecule has 0 bridgehead atoms. The standard InChI is InChI=1S/C30H69BO3Si3/c1-28(2,3)35(10,11)32-25-19-16-22-31(23-17-20-26-33-36(12,13)29(4,5)6)24-18-21-27-34-37(14,15)30(7,8)9/h16-27H2,1-15H3. The van der Waals surface area contributed by atoms with Gasteiger partial charge in [-0.2, -0.15) is 0 Å². The van der Waals surface area contributed by atoms with E-state index < -0.39 is 25.0 Å². The van der Waals surface area contributed by atoms with Gasteiger partial charge in [0.05, 0.1) is 0 Å². The first-order chi connectivity index (χ1) is 16.5. The largest absolute Gasteiger partial charge is 0.417 e. The summed E-state index contributed by atoms with van der Waals surface area (Å²) in [6.07, 6.45) is 11.5. The maximum atomic E-state index is 6.43. The predicted octanol–water partition coefficient (Wildman–Crippen LogP) is 10.9. The molecule has 222 valence electrons. The highest BCUT2D eigenvalue weighted by molar-refractivity contribution is 6.74. The van der Waals surface area contributed by atoms with Gasteiger partial charge >= 0.3 is 0 Å². The van der Waals surface area contributed by atoms with Crippen molar-refractivity contribution in [3.8, 4) is 0 Å². The lowest BCUT2D eigenvalue weighted by Crippen LogP contribution is -2.41. The second kappa shape index (κ2) is 15.6. The quantitative estimate of drug-likeness (QED) is 0.121. The average Bonchev–Trinajstić information content (AvgIpc) is 2.69. The number of rotatable bonds is 18. The molecule has 0 N–H and O–H groups in total. The molecule has 0 atom stereocenters. The third kappa shape index (κ3) is 14.7. The van der Waals surface area contributed by atoms with Crippen molar-refractivity contribution in [1.29, 1.82) is 0 Å². The summed E-state index contributed by atoms with van der Waals surface area (Å²) in [7, 11) is -4.87. The van der Waals surface area contributed by atoms with E-state index in [-0.39, 0.29) is 0 Å². The molecule has 0 saturated carbocycles. The van der Waals surface area contributed by atoms with Crippen LogP contribution in [0, 0.1) is 0 Å². The van der Waals surface area contributed by atoms with Crippen LogP contribution in [0.1, 0.15) is 101 Å². The van der Waals surface area contributed by atoms with E-state index in [1.54, 1.807) is 0 Å². The topological polar surface area (TPSA) is 27.7 Å². The summed E-state index contributed by atoms with van der Waals surface area (Å²) in [6.45, 7) is 38.8. The van der Waals surface area contributed by atoms with Crippen molar-refractivity contribution < 1.29 is 13.3 Å². The van der Waals surface area contributed by atoms with Gasteiger partial charge in [0.25, 0.3) is 0 Å². The van der Waals surface area contributed by atoms with Crippen LogP contribution in [0.3, 0.4) is 0 Å². The lowest BCUT2D eigenvalue weighted by atomic mass is 9.41. The van der Waals surface area contributed by atoms with Crippen LogP contribution in [-0.2, 0) is 13.3 Å². The molecule has 0 rings (SSSR count). The Morgan fingerprint density at radius 1 is 0.405 bits per heavy atom. The summed E-state index contributed by atoms with van der Waals surface area (Å²) in [4.78, 5) is 0. The molecule has 0 fully saturated rings. The zero-order valence-electron chi connectivity index (χ0n) is 28.3. The van der Waals surface area contributed by atoms with E-state index in [0.29, 0.717) is 15.1 Å². The zero-order chi connectivity index (χ0) is 29.2. The minimum atomic E-state index is -1.62. The SMILES string of the molecule is CC(C)(C)[Si](C)(C)OCCCCB(CCCCO[Si](C)(C)C(C)(C)C)CCCCO[Si](C)(C)C(C)(C)C. The van der Waals surface area contributed by atoms with Gasteiger partial charge in [0.1, 0.15) is 6.71 Å². The third-order valence-corrected chi connectivity index (χ3v) is 23.4. The smallest absolute Gasteiger partial charge is 0.191 e. The van der Waals surface area contributed by atoms with Gasteiger partial charge in [-0.05, 0) is 73.7 Å². The molecule has 0 unspecified atom stereocenters. The van der Waals surface area contributed by atoms with Crippen molar-refractivity contribution in [2.24, 2.45) is 0 Å². The van der Waals surface area contributed by atoms with Crippen LogP contribution in [0.4, 0.5) is 0 Å². The number of hydrogen-bond donors (Lipinski definition) is 0. The second-order valence-electron chi connectivity index (χ2n) is 16.2. The molecule has 7 heteroatoms. The Bertz CT molecular complexity index is 531. The molecule has 0 aromatic rings. The molecule has 0 aliphatic rings. The van der Waals surface area contributed by atoms with Crippen LogP contribution >= 0.6 is 0 Å². The summed E-state index contributed by atoms with van der Waals surface area (Å²) in [5.74, 6) is 0. The Hall–Kier alpha value is 0.596. The third-order valence-electron chi connectivity index (χ3n) is 9.83. The van der Waals surface area contributed by atoms with Crippen LogP contribution in [0.25, 0.3) is 0 Å². The minimum Gasteiger partial charge on any atom is -0.417 e. The zero-order valence-corrected chi connectivity index (χ0v) is 31.3. The Morgan fingerprint density at radius 2 is 0.622 bits per heavy atom. The average molecular weight is 573 g/mol. The molecular weight excluding hydrogens is 503 g/mol. The summed E-state index contributed by atoms with van der Waals surface area (Å²) in [5.41, 5.74) is 0. The van der Waals surface area contributed by atoms with Crippen molar-refractivity contribution in [2.75, 3.05) is 19.8 Å². The monoisotopic (exact) mass is 572 g/mol. The fourth-order valence-electron chi connectivity index (χ4n) is 3.67. The molecule has 0 heterocycles. The fourth-order valence-corrected chi connectivity index (χ4v) is 6.93. The Labute approximate surface area is 238 Å². The van der Waals surface area contributed by atoms with E-state index in [1.165, 1.54) is 57.5 Å². The van der Waals surface area contributed by atoms with Gasteiger partial charge in [-0.1, -0.05) is 101 Å². The van der Waals surface area contributed by atoms with Crippen molar-refractivity contribution in [2.45, 2.75) is 174 Å². The van der Waals surface area contributed by atoms with Crippen LogP contribution in [-0.4, -0.2) is 51.5 Å². The van der Waals surface area contributed by atoms with Gasteiger partial charge in [0, 0.05) is 19.8 Å². The normalized spacial score (nSPS) is 14.4. The number of hydrogen-bond acceptors (Lipinski definition) is 3. The Balaban J connectivity index is 4.60. The van der Waals surface area contributed by atoms with E-state index >= 15 is 0 Å². The van der Waals surface area contributed by atoms with Gasteiger partial charge in [-0.15, -0.1) is 0 Å². The van der Waals surface area contributed by atoms with E-state index in [9.17, 15) is 0 Å². The summed E-state index contributed by atoms with van der Waals surface area (Å²) in [6, 6.07) is 0. The maximum absolute atomic E-state index is 6.43. The van der Waals surface area contributed by atoms with Crippen molar-refractivity contribution in [3.63, 3.8) is 0 Å². The van der Waals surface area contributed by atoms with Crippen molar-refractivity contribution >= 4 is 31.7 Å². The first-order valence-electron chi connectivity index (χ1n) is 15.5. The summed E-state index contributed by atoms with van der Waals surface area (Å²) < 4.78 is 19.3. The van der Waals surface area contributed by atoms with E-state index in [0.717, 1.165) is 26.5 Å². The first-order valence-corrected chi connectivity index (χ1v) is 24.2. The van der Waals surface area contributed by atoms with E-state index in [4.69, 9.17) is 13.3 Å². The molecule has 0 aromatic heterocycles. The van der Waals surface area contributed by atoms with E-state index in [2.05, 4.69) is 102 Å². The van der Waals surface area contributed by atoms with Gasteiger partial charge in [0.15, 0.2) is 25.0 Å². The molecule has 0 aliphatic heterocycles. The molecular formula is C30H69BO3Si3. The van der Waals surface area contributed by atoms with Crippen LogP contribution in [0.2, 0.25) is 73.4 Å². The molecule has 0 spiro atoms. The van der Waals surface area contributed by atoms with Gasteiger partial charge < -0.3 is 13.3 Å². The van der Waals surface area contributed by atoms with Crippen molar-refractivity contribution in [3.05, 3.63) is 0 Å². The Morgan fingerprint density at radius 3 is 0.811 bits per heavy atom. The number of unbranched alkanes of at least 4 members (excludes halogenated alkanes) is 3. The Kier molecular flexibility index (Phi) is 15.8. The van der Waals surface area contributed by atoms with Crippen LogP contribution in [0.5, 0.6) is 0 Å². The van der Waals surface area contributed by atoms with Gasteiger partial charge in [-0.25, -0.2) is 0 Å². The molecule has 0 saturated heterocycles. The molecule has 3 nitrogen and oxygen atoms in total. The molecule has 37 heavy (non-hydrogen) atoms. The minimum absolute atomic E-state index is 0.300. The predicted molar refractivity (Wildman–Crippen MR) is 177 cm³/mol. The highest BCUT2D eigenvalue weighted by Crippen LogP contribution is 2.38. The molecule has 0 amide bonds. The fraction of sp³-hybridized carbons (Fsp3) is 1.00. The van der Waals surface area contributed by atoms with Crippen LogP contribution in [0.15, 0.2) is 0 Å². The summed E-state index contributed by atoms with van der Waals surface area (Å²) >= 11 is 0.